The molecule has 0 unspecified atom stereocenters. The predicted octanol–water partition coefficient (Wildman–Crippen LogP) is 2.56. The van der Waals surface area contributed by atoms with Crippen LogP contribution in [0.3, 0.4) is 0 Å². The molecule has 1 rings (SSSR count). The number of carbonyl (C=O) groups is 1. The first-order valence-corrected chi connectivity index (χ1v) is 5.02. The quantitative estimate of drug-likeness (QED) is 0.801. The third-order valence-electron chi connectivity index (χ3n) is 2.21. The molecule has 0 bridgehead atoms. The molecule has 1 aromatic carbocycles. The van der Waals surface area contributed by atoms with Gasteiger partial charge in [-0.1, -0.05) is 6.92 Å². The Labute approximate surface area is 92.9 Å². The minimum Gasteiger partial charge on any atom is -0.478 e. The van der Waals surface area contributed by atoms with Crippen LogP contribution in [-0.4, -0.2) is 11.1 Å². The van der Waals surface area contributed by atoms with Crippen molar-refractivity contribution in [3.8, 4) is 6.07 Å². The van der Waals surface area contributed by atoms with Gasteiger partial charge >= 0.3 is 5.97 Å². The minimum atomic E-state index is -1.04. The van der Waals surface area contributed by atoms with Gasteiger partial charge in [-0.05, 0) is 29.7 Å². The third-order valence-corrected chi connectivity index (χ3v) is 2.50. The first kappa shape index (κ1) is 11.5. The summed E-state index contributed by atoms with van der Waals surface area (Å²) < 4.78 is 0. The number of carboxylic acid groups (broad SMARTS) is 1. The SMILES string of the molecule is CCc1c(C#N)cc(C(=O)O)cc1CCl. The summed E-state index contributed by atoms with van der Waals surface area (Å²) in [5.41, 5.74) is 2.06. The van der Waals surface area contributed by atoms with Crippen LogP contribution in [0.25, 0.3) is 0 Å². The lowest BCUT2D eigenvalue weighted by Gasteiger charge is -2.08. The molecule has 0 aliphatic heterocycles. The summed E-state index contributed by atoms with van der Waals surface area (Å²) >= 11 is 5.71. The average molecular weight is 224 g/mol. The average Bonchev–Trinajstić information content (AvgIpc) is 2.26. The largest absolute Gasteiger partial charge is 0.478 e. The van der Waals surface area contributed by atoms with Crippen LogP contribution < -0.4 is 0 Å². The lowest BCUT2D eigenvalue weighted by molar-refractivity contribution is 0.0696. The molecule has 0 aliphatic carbocycles. The van der Waals surface area contributed by atoms with E-state index in [2.05, 4.69) is 0 Å². The Morgan fingerprint density at radius 3 is 2.67 bits per heavy atom. The normalized spacial score (nSPS) is 9.67. The highest BCUT2D eigenvalue weighted by Gasteiger charge is 2.12. The molecule has 0 aliphatic rings. The highest BCUT2D eigenvalue weighted by atomic mass is 35.5. The number of nitriles is 1. The van der Waals surface area contributed by atoms with Crippen molar-refractivity contribution < 1.29 is 9.90 Å². The molecule has 0 fully saturated rings. The smallest absolute Gasteiger partial charge is 0.335 e. The fraction of sp³-hybridized carbons (Fsp3) is 0.273. The van der Waals surface area contributed by atoms with Crippen molar-refractivity contribution in [2.75, 3.05) is 0 Å². The van der Waals surface area contributed by atoms with Crippen LogP contribution in [-0.2, 0) is 12.3 Å². The van der Waals surface area contributed by atoms with Crippen LogP contribution in [0.1, 0.15) is 34.0 Å². The molecule has 4 heteroatoms. The van der Waals surface area contributed by atoms with Gasteiger partial charge in [-0.2, -0.15) is 5.26 Å². The maximum atomic E-state index is 10.8. The van der Waals surface area contributed by atoms with Gasteiger partial charge in [0.1, 0.15) is 0 Å². The van der Waals surface area contributed by atoms with Crippen LogP contribution in [0.2, 0.25) is 0 Å². The zero-order chi connectivity index (χ0) is 11.4. The molecule has 0 saturated heterocycles. The minimum absolute atomic E-state index is 0.111. The molecular formula is C11H10ClNO2. The van der Waals surface area contributed by atoms with Crippen molar-refractivity contribution in [3.63, 3.8) is 0 Å². The van der Waals surface area contributed by atoms with Crippen LogP contribution in [0.15, 0.2) is 12.1 Å². The van der Waals surface area contributed by atoms with Crippen molar-refractivity contribution in [2.45, 2.75) is 19.2 Å². The molecule has 0 atom stereocenters. The number of aromatic carboxylic acids is 1. The molecule has 3 nitrogen and oxygen atoms in total. The second-order valence-corrected chi connectivity index (χ2v) is 3.33. The number of hydrogen-bond acceptors (Lipinski definition) is 2. The summed E-state index contributed by atoms with van der Waals surface area (Å²) in [5, 5.41) is 17.7. The number of benzene rings is 1. The van der Waals surface area contributed by atoms with Gasteiger partial charge in [0.25, 0.3) is 0 Å². The molecule has 1 N–H and O–H groups in total. The molecular weight excluding hydrogens is 214 g/mol. The van der Waals surface area contributed by atoms with Crippen molar-refractivity contribution in [3.05, 3.63) is 34.4 Å². The second-order valence-electron chi connectivity index (χ2n) is 3.07. The highest BCUT2D eigenvalue weighted by Crippen LogP contribution is 2.20. The number of halogens is 1. The number of alkyl halides is 1. The summed E-state index contributed by atoms with van der Waals surface area (Å²) in [5.74, 6) is -0.820. The molecule has 0 heterocycles. The standard InChI is InChI=1S/C11H10ClNO2/c1-2-10-8(5-12)3-7(11(14)15)4-9(10)6-13/h3-4H,2,5H2,1H3,(H,14,15). The van der Waals surface area contributed by atoms with E-state index in [1.807, 2.05) is 13.0 Å². The fourth-order valence-electron chi connectivity index (χ4n) is 1.49. The van der Waals surface area contributed by atoms with E-state index in [0.717, 1.165) is 11.1 Å². The van der Waals surface area contributed by atoms with Gasteiger partial charge in [0.2, 0.25) is 0 Å². The molecule has 1 aromatic rings. The summed E-state index contributed by atoms with van der Waals surface area (Å²) in [6.45, 7) is 1.91. The Bertz CT molecular complexity index is 435. The molecule has 0 radical (unpaired) electrons. The van der Waals surface area contributed by atoms with E-state index < -0.39 is 5.97 Å². The maximum absolute atomic E-state index is 10.8. The Hall–Kier alpha value is -1.53. The Morgan fingerprint density at radius 2 is 2.27 bits per heavy atom. The number of carboxylic acids is 1. The summed E-state index contributed by atoms with van der Waals surface area (Å²) in [4.78, 5) is 10.8. The number of hydrogen-bond donors (Lipinski definition) is 1. The van der Waals surface area contributed by atoms with Crippen LogP contribution >= 0.6 is 11.6 Å². The van der Waals surface area contributed by atoms with Crippen molar-refractivity contribution in [1.29, 1.82) is 5.26 Å². The molecule has 0 amide bonds. The van der Waals surface area contributed by atoms with E-state index in [1.165, 1.54) is 12.1 Å². The van der Waals surface area contributed by atoms with Gasteiger partial charge in [-0.15, -0.1) is 11.6 Å². The Kier molecular flexibility index (Phi) is 3.70. The van der Waals surface area contributed by atoms with Gasteiger partial charge in [-0.3, -0.25) is 0 Å². The molecule has 0 aromatic heterocycles. The Balaban J connectivity index is 3.44. The van der Waals surface area contributed by atoms with E-state index in [1.54, 1.807) is 0 Å². The lowest BCUT2D eigenvalue weighted by Crippen LogP contribution is -2.02. The number of nitrogens with zero attached hydrogens (tertiary/aromatic N) is 1. The predicted molar refractivity (Wildman–Crippen MR) is 57.1 cm³/mol. The Morgan fingerprint density at radius 1 is 1.60 bits per heavy atom. The first-order chi connectivity index (χ1) is 7.13. The van der Waals surface area contributed by atoms with Gasteiger partial charge in [-0.25, -0.2) is 4.79 Å². The monoisotopic (exact) mass is 223 g/mol. The maximum Gasteiger partial charge on any atom is 0.335 e. The lowest BCUT2D eigenvalue weighted by atomic mass is 9.97. The molecule has 0 saturated carbocycles. The summed E-state index contributed by atoms with van der Waals surface area (Å²) in [7, 11) is 0. The second kappa shape index (κ2) is 4.81. The van der Waals surface area contributed by atoms with Gasteiger partial charge in [0, 0.05) is 5.88 Å². The van der Waals surface area contributed by atoms with Crippen LogP contribution in [0.5, 0.6) is 0 Å². The van der Waals surface area contributed by atoms with Gasteiger partial charge in [0.05, 0.1) is 17.2 Å². The van der Waals surface area contributed by atoms with E-state index in [9.17, 15) is 4.79 Å². The zero-order valence-corrected chi connectivity index (χ0v) is 9.01. The van der Waals surface area contributed by atoms with Crippen molar-refractivity contribution >= 4 is 17.6 Å². The topological polar surface area (TPSA) is 61.1 Å². The highest BCUT2D eigenvalue weighted by molar-refractivity contribution is 6.17. The van der Waals surface area contributed by atoms with Gasteiger partial charge in [0.15, 0.2) is 0 Å². The van der Waals surface area contributed by atoms with Crippen LogP contribution in [0, 0.1) is 11.3 Å². The molecule has 15 heavy (non-hydrogen) atoms. The third kappa shape index (κ3) is 2.28. The van der Waals surface area contributed by atoms with E-state index >= 15 is 0 Å². The van der Waals surface area contributed by atoms with E-state index in [-0.39, 0.29) is 11.4 Å². The summed E-state index contributed by atoms with van der Waals surface area (Å²) in [6, 6.07) is 4.90. The van der Waals surface area contributed by atoms with Gasteiger partial charge < -0.3 is 5.11 Å². The zero-order valence-electron chi connectivity index (χ0n) is 8.25. The number of rotatable bonds is 3. The van der Waals surface area contributed by atoms with E-state index in [4.69, 9.17) is 22.0 Å². The van der Waals surface area contributed by atoms with Crippen molar-refractivity contribution in [2.24, 2.45) is 0 Å². The van der Waals surface area contributed by atoms with Crippen molar-refractivity contribution in [1.82, 2.24) is 0 Å². The fourth-order valence-corrected chi connectivity index (χ4v) is 1.73. The van der Waals surface area contributed by atoms with Crippen LogP contribution in [0.4, 0.5) is 0 Å². The summed E-state index contributed by atoms with van der Waals surface area (Å²) in [6.07, 6.45) is 0.671. The molecule has 0 spiro atoms. The first-order valence-electron chi connectivity index (χ1n) is 4.49. The van der Waals surface area contributed by atoms with E-state index in [0.29, 0.717) is 12.0 Å². The molecule has 78 valence electrons.